The van der Waals surface area contributed by atoms with Gasteiger partial charge in [-0.3, -0.25) is 9.79 Å². The highest BCUT2D eigenvalue weighted by molar-refractivity contribution is 6.01. The number of nitrogens with zero attached hydrogens (tertiary/aromatic N) is 2. The summed E-state index contributed by atoms with van der Waals surface area (Å²) >= 11 is 0. The summed E-state index contributed by atoms with van der Waals surface area (Å²) in [6.45, 7) is 1.86. The first-order valence-electron chi connectivity index (χ1n) is 9.90. The Bertz CT molecular complexity index is 1360. The van der Waals surface area contributed by atoms with E-state index in [9.17, 15) is 23.1 Å². The highest BCUT2D eigenvalue weighted by Gasteiger charge is 2.34. The minimum Gasteiger partial charge on any atom is -0.494 e. The van der Waals surface area contributed by atoms with E-state index < -0.39 is 28.9 Å². The van der Waals surface area contributed by atoms with Gasteiger partial charge in [0.1, 0.15) is 0 Å². The van der Waals surface area contributed by atoms with E-state index in [1.807, 2.05) is 37.3 Å². The lowest BCUT2D eigenvalue weighted by Gasteiger charge is -2.18. The molecule has 0 aliphatic rings. The Balaban J connectivity index is 1.96. The summed E-state index contributed by atoms with van der Waals surface area (Å²) in [5, 5.41) is 11.6. The number of benzene rings is 3. The van der Waals surface area contributed by atoms with Crippen molar-refractivity contribution in [2.75, 3.05) is 0 Å². The molecule has 0 spiro atoms. The smallest absolute Gasteiger partial charge is 0.418 e. The number of rotatable bonds is 4. The highest BCUT2D eigenvalue weighted by atomic mass is 19.4. The van der Waals surface area contributed by atoms with Gasteiger partial charge in [-0.25, -0.2) is 4.57 Å². The van der Waals surface area contributed by atoms with Crippen LogP contribution in [-0.4, -0.2) is 15.9 Å². The minimum absolute atomic E-state index is 0.167. The molecule has 1 aromatic heterocycles. The average molecular weight is 436 g/mol. The van der Waals surface area contributed by atoms with Crippen molar-refractivity contribution in [3.63, 3.8) is 0 Å². The number of aromatic nitrogens is 1. The molecule has 4 rings (SSSR count). The third-order valence-corrected chi connectivity index (χ3v) is 5.26. The number of aromatic hydroxyl groups is 1. The Morgan fingerprint density at radius 2 is 1.50 bits per heavy atom. The van der Waals surface area contributed by atoms with Crippen LogP contribution in [0, 0.1) is 0 Å². The lowest BCUT2D eigenvalue weighted by Crippen LogP contribution is -2.23. The van der Waals surface area contributed by atoms with Crippen molar-refractivity contribution in [2.24, 2.45) is 4.99 Å². The van der Waals surface area contributed by atoms with E-state index in [0.717, 1.165) is 17.7 Å². The summed E-state index contributed by atoms with van der Waals surface area (Å²) in [4.78, 5) is 17.6. The number of para-hydroxylation sites is 1. The molecule has 0 amide bonds. The van der Waals surface area contributed by atoms with E-state index in [2.05, 4.69) is 4.99 Å². The predicted octanol–water partition coefficient (Wildman–Crippen LogP) is 5.90. The molecule has 1 heterocycles. The fourth-order valence-corrected chi connectivity index (χ4v) is 3.63. The third kappa shape index (κ3) is 3.89. The topological polar surface area (TPSA) is 54.6 Å². The quantitative estimate of drug-likeness (QED) is 0.405. The molecule has 0 aliphatic carbocycles. The molecule has 7 heteroatoms. The number of hydrogen-bond acceptors (Lipinski definition) is 3. The molecule has 32 heavy (non-hydrogen) atoms. The molecular formula is C25H19F3N2O2. The van der Waals surface area contributed by atoms with Crippen molar-refractivity contribution in [3.8, 4) is 11.6 Å². The van der Waals surface area contributed by atoms with Gasteiger partial charge in [-0.15, -0.1) is 0 Å². The van der Waals surface area contributed by atoms with Crippen molar-refractivity contribution >= 4 is 17.0 Å². The van der Waals surface area contributed by atoms with Crippen LogP contribution in [0.1, 0.15) is 29.7 Å². The second kappa shape index (κ2) is 8.34. The SMILES string of the molecule is CC(N=Cc1c(O)n(-c2ccccc2C(F)(F)F)c(=O)c2ccccc12)c1ccccc1. The maximum absolute atomic E-state index is 13.6. The van der Waals surface area contributed by atoms with Crippen LogP contribution >= 0.6 is 0 Å². The molecule has 0 bridgehead atoms. The monoisotopic (exact) mass is 436 g/mol. The normalized spacial score (nSPS) is 13.0. The molecule has 0 saturated heterocycles. The number of fused-ring (bicyclic) bond motifs is 1. The van der Waals surface area contributed by atoms with Crippen LogP contribution in [0.25, 0.3) is 16.5 Å². The highest BCUT2D eigenvalue weighted by Crippen LogP contribution is 2.36. The molecule has 1 N–H and O–H groups in total. The summed E-state index contributed by atoms with van der Waals surface area (Å²) in [6.07, 6.45) is -3.30. The van der Waals surface area contributed by atoms with Gasteiger partial charge in [-0.1, -0.05) is 60.7 Å². The van der Waals surface area contributed by atoms with Crippen molar-refractivity contribution in [3.05, 3.63) is 106 Å². The maximum atomic E-state index is 13.6. The van der Waals surface area contributed by atoms with Crippen LogP contribution in [0.15, 0.2) is 88.6 Å². The fraction of sp³-hybridized carbons (Fsp3) is 0.120. The van der Waals surface area contributed by atoms with Gasteiger partial charge in [0.15, 0.2) is 0 Å². The van der Waals surface area contributed by atoms with Gasteiger partial charge in [-0.05, 0) is 30.7 Å². The van der Waals surface area contributed by atoms with Crippen LogP contribution in [0.5, 0.6) is 5.88 Å². The molecule has 4 nitrogen and oxygen atoms in total. The molecule has 162 valence electrons. The molecule has 0 aliphatic heterocycles. The minimum atomic E-state index is -4.70. The van der Waals surface area contributed by atoms with Crippen molar-refractivity contribution in [1.29, 1.82) is 0 Å². The van der Waals surface area contributed by atoms with Gasteiger partial charge in [-0.2, -0.15) is 13.2 Å². The van der Waals surface area contributed by atoms with Crippen LogP contribution in [0.3, 0.4) is 0 Å². The van der Waals surface area contributed by atoms with E-state index in [4.69, 9.17) is 0 Å². The van der Waals surface area contributed by atoms with E-state index in [0.29, 0.717) is 9.95 Å². The van der Waals surface area contributed by atoms with Gasteiger partial charge in [0.25, 0.3) is 5.56 Å². The number of hydrogen-bond donors (Lipinski definition) is 1. The maximum Gasteiger partial charge on any atom is 0.418 e. The Hall–Kier alpha value is -3.87. The first-order valence-corrected chi connectivity index (χ1v) is 9.90. The molecule has 1 atom stereocenters. The first-order chi connectivity index (χ1) is 15.3. The first kappa shape index (κ1) is 21.4. The zero-order valence-electron chi connectivity index (χ0n) is 17.0. The van der Waals surface area contributed by atoms with Gasteiger partial charge < -0.3 is 5.11 Å². The van der Waals surface area contributed by atoms with E-state index in [-0.39, 0.29) is 17.0 Å². The second-order valence-electron chi connectivity index (χ2n) is 7.30. The van der Waals surface area contributed by atoms with E-state index >= 15 is 0 Å². The lowest BCUT2D eigenvalue weighted by molar-refractivity contribution is -0.137. The summed E-state index contributed by atoms with van der Waals surface area (Å²) in [5.74, 6) is -0.602. The van der Waals surface area contributed by atoms with Gasteiger partial charge in [0.05, 0.1) is 22.9 Å². The Morgan fingerprint density at radius 1 is 0.906 bits per heavy atom. The third-order valence-electron chi connectivity index (χ3n) is 5.26. The zero-order valence-corrected chi connectivity index (χ0v) is 17.0. The van der Waals surface area contributed by atoms with E-state index in [1.165, 1.54) is 24.4 Å². The summed E-state index contributed by atoms with van der Waals surface area (Å²) in [6, 6.07) is 20.3. The molecule has 0 saturated carbocycles. The predicted molar refractivity (Wildman–Crippen MR) is 119 cm³/mol. The van der Waals surface area contributed by atoms with Crippen LogP contribution in [-0.2, 0) is 6.18 Å². The number of alkyl halides is 3. The molecule has 0 fully saturated rings. The summed E-state index contributed by atoms with van der Waals surface area (Å²) < 4.78 is 41.6. The lowest BCUT2D eigenvalue weighted by atomic mass is 10.1. The average Bonchev–Trinajstić information content (AvgIpc) is 2.79. The zero-order chi connectivity index (χ0) is 22.9. The number of halogens is 3. The summed E-state index contributed by atoms with van der Waals surface area (Å²) in [7, 11) is 0. The van der Waals surface area contributed by atoms with Crippen molar-refractivity contribution < 1.29 is 18.3 Å². The molecular weight excluding hydrogens is 417 g/mol. The Labute approximate surface area is 181 Å². The van der Waals surface area contributed by atoms with Crippen LogP contribution in [0.4, 0.5) is 13.2 Å². The Kier molecular flexibility index (Phi) is 5.57. The standard InChI is InChI=1S/C25H19F3N2O2/c1-16(17-9-3-2-4-10-17)29-15-20-18-11-5-6-12-19(18)23(31)30(24(20)32)22-14-8-7-13-21(22)25(26,27)28/h2-16,32H,1H3. The van der Waals surface area contributed by atoms with Crippen LogP contribution in [0.2, 0.25) is 0 Å². The molecule has 3 aromatic carbocycles. The number of pyridine rings is 1. The largest absolute Gasteiger partial charge is 0.494 e. The van der Waals surface area contributed by atoms with E-state index in [1.54, 1.807) is 18.2 Å². The van der Waals surface area contributed by atoms with Gasteiger partial charge in [0, 0.05) is 17.0 Å². The van der Waals surface area contributed by atoms with Crippen LogP contribution < -0.4 is 5.56 Å². The second-order valence-corrected chi connectivity index (χ2v) is 7.30. The molecule has 1 unspecified atom stereocenters. The van der Waals surface area contributed by atoms with Gasteiger partial charge >= 0.3 is 6.18 Å². The molecule has 4 aromatic rings. The van der Waals surface area contributed by atoms with Crippen molar-refractivity contribution in [1.82, 2.24) is 4.57 Å². The Morgan fingerprint density at radius 3 is 2.19 bits per heavy atom. The van der Waals surface area contributed by atoms with Crippen molar-refractivity contribution in [2.45, 2.75) is 19.1 Å². The van der Waals surface area contributed by atoms with Gasteiger partial charge in [0.2, 0.25) is 5.88 Å². The molecule has 0 radical (unpaired) electrons. The fourth-order valence-electron chi connectivity index (χ4n) is 3.63. The summed E-state index contributed by atoms with van der Waals surface area (Å²) in [5.41, 5.74) is -1.11. The number of aliphatic imine (C=N–C) groups is 1.